The quantitative estimate of drug-likeness (QED) is 0.452. The van der Waals surface area contributed by atoms with Crippen molar-refractivity contribution >= 4 is 23.4 Å². The van der Waals surface area contributed by atoms with E-state index in [0.29, 0.717) is 34.7 Å². The van der Waals surface area contributed by atoms with Crippen molar-refractivity contribution < 1.29 is 23.9 Å². The molecule has 3 aromatic rings. The van der Waals surface area contributed by atoms with Gasteiger partial charge in [-0.05, 0) is 79.9 Å². The summed E-state index contributed by atoms with van der Waals surface area (Å²) in [6.45, 7) is 3.12. The van der Waals surface area contributed by atoms with Gasteiger partial charge in [-0.1, -0.05) is 18.2 Å². The van der Waals surface area contributed by atoms with E-state index < -0.39 is 11.8 Å². The van der Waals surface area contributed by atoms with Gasteiger partial charge in [-0.15, -0.1) is 0 Å². The summed E-state index contributed by atoms with van der Waals surface area (Å²) in [7, 11) is 0. The molecule has 0 radical (unpaired) electrons. The van der Waals surface area contributed by atoms with Crippen LogP contribution in [0, 0.1) is 6.92 Å². The summed E-state index contributed by atoms with van der Waals surface area (Å²) in [6.07, 6.45) is 2.16. The molecule has 1 aliphatic heterocycles. The van der Waals surface area contributed by atoms with Crippen molar-refractivity contribution in [2.75, 3.05) is 18.5 Å². The maximum Gasteiger partial charge on any atom is 0.269 e. The summed E-state index contributed by atoms with van der Waals surface area (Å²) in [5.41, 5.74) is 7.51. The Balaban J connectivity index is 1.25. The minimum atomic E-state index is -0.480. The lowest BCUT2D eigenvalue weighted by Gasteiger charge is -2.12. The maximum absolute atomic E-state index is 12.4. The van der Waals surface area contributed by atoms with E-state index in [1.807, 2.05) is 19.1 Å². The second-order valence-corrected chi connectivity index (χ2v) is 8.23. The molecule has 8 nitrogen and oxygen atoms in total. The highest BCUT2D eigenvalue weighted by Gasteiger charge is 2.16. The molecule has 180 valence electrons. The molecular formula is C27H27N3O5. The van der Waals surface area contributed by atoms with E-state index in [9.17, 15) is 14.4 Å². The van der Waals surface area contributed by atoms with Gasteiger partial charge in [0.15, 0.2) is 0 Å². The van der Waals surface area contributed by atoms with Gasteiger partial charge < -0.3 is 14.8 Å². The van der Waals surface area contributed by atoms with E-state index in [2.05, 4.69) is 16.2 Å². The van der Waals surface area contributed by atoms with Gasteiger partial charge in [0.05, 0.1) is 6.10 Å². The number of hydrogen-bond donors (Lipinski definition) is 3. The van der Waals surface area contributed by atoms with Gasteiger partial charge in [-0.3, -0.25) is 25.2 Å². The fourth-order valence-electron chi connectivity index (χ4n) is 3.66. The van der Waals surface area contributed by atoms with E-state index in [-0.39, 0.29) is 12.0 Å². The van der Waals surface area contributed by atoms with E-state index in [1.165, 1.54) is 0 Å². The third-order valence-electron chi connectivity index (χ3n) is 5.66. The number of rotatable bonds is 7. The molecule has 3 aromatic carbocycles. The lowest BCUT2D eigenvalue weighted by Crippen LogP contribution is -2.41. The van der Waals surface area contributed by atoms with E-state index in [4.69, 9.17) is 9.47 Å². The van der Waals surface area contributed by atoms with E-state index in [0.717, 1.165) is 25.0 Å². The van der Waals surface area contributed by atoms with Gasteiger partial charge >= 0.3 is 0 Å². The zero-order valence-electron chi connectivity index (χ0n) is 19.4. The van der Waals surface area contributed by atoms with Crippen molar-refractivity contribution in [3.8, 4) is 5.75 Å². The Morgan fingerprint density at radius 1 is 0.857 bits per heavy atom. The standard InChI is InChI=1S/C27H27N3O5/c1-18-5-2-3-7-24(18)27(33)28-21-12-8-19(9-13-21)25(31)29-30-26(32)20-10-14-22(15-11-20)35-17-23-6-4-16-34-23/h2-3,5,7-15,23H,4,6,16-17H2,1H3,(H,28,33)(H,29,31)(H,30,32). The van der Waals surface area contributed by atoms with Crippen LogP contribution < -0.4 is 20.9 Å². The van der Waals surface area contributed by atoms with Gasteiger partial charge in [0.25, 0.3) is 17.7 Å². The molecule has 1 saturated heterocycles. The molecule has 1 fully saturated rings. The molecule has 3 amide bonds. The highest BCUT2D eigenvalue weighted by atomic mass is 16.5. The van der Waals surface area contributed by atoms with Crippen molar-refractivity contribution in [1.82, 2.24) is 10.9 Å². The molecule has 0 aliphatic carbocycles. The molecule has 8 heteroatoms. The second kappa shape index (κ2) is 11.3. The van der Waals surface area contributed by atoms with Gasteiger partial charge in [0, 0.05) is 29.0 Å². The molecule has 1 atom stereocenters. The van der Waals surface area contributed by atoms with Crippen LogP contribution in [0.3, 0.4) is 0 Å². The van der Waals surface area contributed by atoms with Crippen LogP contribution in [0.4, 0.5) is 5.69 Å². The average molecular weight is 474 g/mol. The van der Waals surface area contributed by atoms with Crippen molar-refractivity contribution in [2.24, 2.45) is 0 Å². The average Bonchev–Trinajstić information content (AvgIpc) is 3.40. The lowest BCUT2D eigenvalue weighted by molar-refractivity contribution is 0.0679. The Morgan fingerprint density at radius 2 is 1.49 bits per heavy atom. The molecule has 35 heavy (non-hydrogen) atoms. The smallest absolute Gasteiger partial charge is 0.269 e. The lowest BCUT2D eigenvalue weighted by atomic mass is 10.1. The largest absolute Gasteiger partial charge is 0.491 e. The van der Waals surface area contributed by atoms with Gasteiger partial charge in [-0.25, -0.2) is 0 Å². The molecule has 3 N–H and O–H groups in total. The normalized spacial score (nSPS) is 14.7. The third kappa shape index (κ3) is 6.45. The predicted octanol–water partition coefficient (Wildman–Crippen LogP) is 3.88. The van der Waals surface area contributed by atoms with Crippen LogP contribution in [-0.4, -0.2) is 37.0 Å². The minimum absolute atomic E-state index is 0.117. The number of aryl methyl sites for hydroxylation is 1. The fraction of sp³-hybridized carbons (Fsp3) is 0.222. The van der Waals surface area contributed by atoms with Crippen molar-refractivity contribution in [2.45, 2.75) is 25.9 Å². The molecular weight excluding hydrogens is 446 g/mol. The number of ether oxygens (including phenoxy) is 2. The highest BCUT2D eigenvalue weighted by Crippen LogP contribution is 2.17. The van der Waals surface area contributed by atoms with Crippen LogP contribution >= 0.6 is 0 Å². The first-order chi connectivity index (χ1) is 17.0. The van der Waals surface area contributed by atoms with Gasteiger partial charge in [0.2, 0.25) is 0 Å². The van der Waals surface area contributed by atoms with Crippen LogP contribution in [-0.2, 0) is 4.74 Å². The second-order valence-electron chi connectivity index (χ2n) is 8.23. The Morgan fingerprint density at radius 3 is 2.09 bits per heavy atom. The molecule has 0 bridgehead atoms. The Bertz CT molecular complexity index is 1190. The molecule has 1 heterocycles. The van der Waals surface area contributed by atoms with E-state index >= 15 is 0 Å². The SMILES string of the molecule is Cc1ccccc1C(=O)Nc1ccc(C(=O)NNC(=O)c2ccc(OCC3CCCO3)cc2)cc1. The number of amides is 3. The molecule has 4 rings (SSSR count). The number of benzene rings is 3. The van der Waals surface area contributed by atoms with Crippen LogP contribution in [0.5, 0.6) is 5.75 Å². The zero-order valence-corrected chi connectivity index (χ0v) is 19.4. The summed E-state index contributed by atoms with van der Waals surface area (Å²) in [4.78, 5) is 37.2. The maximum atomic E-state index is 12.4. The van der Waals surface area contributed by atoms with E-state index in [1.54, 1.807) is 60.7 Å². The van der Waals surface area contributed by atoms with Gasteiger partial charge in [-0.2, -0.15) is 0 Å². The predicted molar refractivity (Wildman–Crippen MR) is 131 cm³/mol. The first kappa shape index (κ1) is 24.0. The Hall–Kier alpha value is -4.17. The van der Waals surface area contributed by atoms with Crippen molar-refractivity contribution in [3.63, 3.8) is 0 Å². The van der Waals surface area contributed by atoms with Crippen molar-refractivity contribution in [1.29, 1.82) is 0 Å². The molecule has 1 unspecified atom stereocenters. The highest BCUT2D eigenvalue weighted by molar-refractivity contribution is 6.05. The molecule has 0 aromatic heterocycles. The van der Waals surface area contributed by atoms with Crippen LogP contribution in [0.25, 0.3) is 0 Å². The first-order valence-corrected chi connectivity index (χ1v) is 11.4. The van der Waals surface area contributed by atoms with Crippen LogP contribution in [0.15, 0.2) is 72.8 Å². The number of anilines is 1. The number of nitrogens with one attached hydrogen (secondary N) is 3. The number of hydrazine groups is 1. The molecule has 0 spiro atoms. The first-order valence-electron chi connectivity index (χ1n) is 11.4. The molecule has 1 aliphatic rings. The van der Waals surface area contributed by atoms with Gasteiger partial charge in [0.1, 0.15) is 12.4 Å². The number of hydrogen-bond acceptors (Lipinski definition) is 5. The number of carbonyl (C=O) groups is 3. The van der Waals surface area contributed by atoms with Crippen LogP contribution in [0.1, 0.15) is 49.5 Å². The summed E-state index contributed by atoms with van der Waals surface area (Å²) < 4.78 is 11.2. The van der Waals surface area contributed by atoms with Crippen LogP contribution in [0.2, 0.25) is 0 Å². The topological polar surface area (TPSA) is 106 Å². The monoisotopic (exact) mass is 473 g/mol. The summed E-state index contributed by atoms with van der Waals surface area (Å²) in [5.74, 6) is -0.510. The fourth-order valence-corrected chi connectivity index (χ4v) is 3.66. The Labute approximate surface area is 203 Å². The summed E-state index contributed by atoms with van der Waals surface area (Å²) >= 11 is 0. The third-order valence-corrected chi connectivity index (χ3v) is 5.66. The number of carbonyl (C=O) groups excluding carboxylic acids is 3. The summed E-state index contributed by atoms with van der Waals surface area (Å²) in [6, 6.07) is 20.3. The zero-order chi connectivity index (χ0) is 24.6. The molecule has 0 saturated carbocycles. The summed E-state index contributed by atoms with van der Waals surface area (Å²) in [5, 5.41) is 2.81. The minimum Gasteiger partial charge on any atom is -0.491 e. The Kier molecular flexibility index (Phi) is 7.74. The van der Waals surface area contributed by atoms with Crippen molar-refractivity contribution in [3.05, 3.63) is 95.1 Å².